The van der Waals surface area contributed by atoms with E-state index < -0.39 is 5.97 Å². The lowest BCUT2D eigenvalue weighted by atomic mass is 10.1. The zero-order valence-electron chi connectivity index (χ0n) is 11.6. The van der Waals surface area contributed by atoms with Gasteiger partial charge in [-0.15, -0.1) is 5.10 Å². The minimum atomic E-state index is -0.987. The Kier molecular flexibility index (Phi) is 3.04. The lowest BCUT2D eigenvalue weighted by Crippen LogP contribution is -2.08. The Balaban J connectivity index is 1.96. The molecule has 1 fully saturated rings. The normalized spacial score (nSPS) is 14.5. The highest BCUT2D eigenvalue weighted by Crippen LogP contribution is 2.41. The van der Waals surface area contributed by atoms with Crippen LogP contribution in [-0.4, -0.2) is 26.1 Å². The molecule has 0 saturated heterocycles. The number of benzene rings is 1. The van der Waals surface area contributed by atoms with Crippen molar-refractivity contribution in [1.82, 2.24) is 15.0 Å². The van der Waals surface area contributed by atoms with Crippen molar-refractivity contribution in [1.29, 1.82) is 0 Å². The van der Waals surface area contributed by atoms with Crippen LogP contribution in [0.4, 0.5) is 0 Å². The Morgan fingerprint density at radius 3 is 2.50 bits per heavy atom. The molecule has 0 bridgehead atoms. The maximum Gasteiger partial charge on any atom is 0.358 e. The second kappa shape index (κ2) is 4.74. The Labute approximate surface area is 117 Å². The number of carboxylic acid groups (broad SMARTS) is 1. The number of aromatic nitrogens is 3. The van der Waals surface area contributed by atoms with E-state index in [0.717, 1.165) is 24.1 Å². The average molecular weight is 271 g/mol. The first-order chi connectivity index (χ1) is 9.54. The van der Waals surface area contributed by atoms with E-state index in [-0.39, 0.29) is 5.69 Å². The molecule has 1 aliphatic rings. The molecular formula is C15H17N3O2. The average Bonchev–Trinajstić information content (AvgIpc) is 3.09. The first kappa shape index (κ1) is 12.8. The lowest BCUT2D eigenvalue weighted by Gasteiger charge is -2.08. The molecule has 5 heteroatoms. The van der Waals surface area contributed by atoms with Gasteiger partial charge in [-0.3, -0.25) is 0 Å². The Morgan fingerprint density at radius 2 is 1.95 bits per heavy atom. The van der Waals surface area contributed by atoms with Gasteiger partial charge in [-0.25, -0.2) is 9.48 Å². The van der Waals surface area contributed by atoms with Gasteiger partial charge in [0.05, 0.1) is 12.2 Å². The van der Waals surface area contributed by atoms with Crippen LogP contribution in [0.1, 0.15) is 51.6 Å². The molecule has 1 aliphatic carbocycles. The van der Waals surface area contributed by atoms with Gasteiger partial charge in [0.25, 0.3) is 0 Å². The van der Waals surface area contributed by atoms with E-state index in [1.807, 2.05) is 0 Å². The number of aryl methyl sites for hydroxylation is 2. The molecule has 20 heavy (non-hydrogen) atoms. The first-order valence-corrected chi connectivity index (χ1v) is 6.78. The number of hydrogen-bond acceptors (Lipinski definition) is 3. The Bertz CT molecular complexity index is 652. The van der Waals surface area contributed by atoms with Crippen molar-refractivity contribution in [2.45, 2.75) is 39.2 Å². The van der Waals surface area contributed by atoms with Crippen molar-refractivity contribution in [2.75, 3.05) is 0 Å². The van der Waals surface area contributed by atoms with Gasteiger partial charge in [0.2, 0.25) is 0 Å². The van der Waals surface area contributed by atoms with Crippen LogP contribution in [0.2, 0.25) is 0 Å². The fourth-order valence-corrected chi connectivity index (χ4v) is 2.68. The summed E-state index contributed by atoms with van der Waals surface area (Å²) in [5.74, 6) is -0.680. The summed E-state index contributed by atoms with van der Waals surface area (Å²) in [6.45, 7) is 4.69. The highest BCUT2D eigenvalue weighted by molar-refractivity contribution is 5.86. The van der Waals surface area contributed by atoms with Gasteiger partial charge in [-0.05, 0) is 32.3 Å². The molecule has 0 aliphatic heterocycles. The summed E-state index contributed by atoms with van der Waals surface area (Å²) >= 11 is 0. The standard InChI is InChI=1S/C15H17N3O2/c1-9-5-10(2)7-11(6-9)8-18-14(12-3-4-12)13(15(19)20)16-17-18/h5-7,12H,3-4,8H2,1-2H3,(H,19,20). The van der Waals surface area contributed by atoms with Gasteiger partial charge < -0.3 is 5.11 Å². The molecule has 1 saturated carbocycles. The third-order valence-corrected chi connectivity index (χ3v) is 3.55. The van der Waals surface area contributed by atoms with Crippen LogP contribution < -0.4 is 0 Å². The molecule has 3 rings (SSSR count). The Morgan fingerprint density at radius 1 is 1.30 bits per heavy atom. The summed E-state index contributed by atoms with van der Waals surface area (Å²) in [4.78, 5) is 11.2. The molecule has 5 nitrogen and oxygen atoms in total. The van der Waals surface area contributed by atoms with E-state index in [1.165, 1.54) is 11.1 Å². The smallest absolute Gasteiger partial charge is 0.358 e. The fourth-order valence-electron chi connectivity index (χ4n) is 2.68. The van der Waals surface area contributed by atoms with Gasteiger partial charge >= 0.3 is 5.97 Å². The van der Waals surface area contributed by atoms with Crippen LogP contribution in [0, 0.1) is 13.8 Å². The summed E-state index contributed by atoms with van der Waals surface area (Å²) in [5.41, 5.74) is 4.41. The third kappa shape index (κ3) is 2.43. The number of carbonyl (C=O) groups is 1. The number of aromatic carboxylic acids is 1. The monoisotopic (exact) mass is 271 g/mol. The van der Waals surface area contributed by atoms with Gasteiger partial charge in [-0.1, -0.05) is 34.5 Å². The van der Waals surface area contributed by atoms with Crippen molar-refractivity contribution in [3.8, 4) is 0 Å². The third-order valence-electron chi connectivity index (χ3n) is 3.55. The second-order valence-corrected chi connectivity index (χ2v) is 5.56. The SMILES string of the molecule is Cc1cc(C)cc(Cn2nnc(C(=O)O)c2C2CC2)c1. The molecule has 1 heterocycles. The second-order valence-electron chi connectivity index (χ2n) is 5.56. The molecule has 1 N–H and O–H groups in total. The van der Waals surface area contributed by atoms with E-state index in [0.29, 0.717) is 12.5 Å². The van der Waals surface area contributed by atoms with E-state index in [1.54, 1.807) is 4.68 Å². The number of hydrogen-bond donors (Lipinski definition) is 1. The maximum absolute atomic E-state index is 11.2. The first-order valence-electron chi connectivity index (χ1n) is 6.78. The number of rotatable bonds is 4. The quantitative estimate of drug-likeness (QED) is 0.927. The van der Waals surface area contributed by atoms with Crippen LogP contribution >= 0.6 is 0 Å². The summed E-state index contributed by atoms with van der Waals surface area (Å²) in [5, 5.41) is 17.1. The summed E-state index contributed by atoms with van der Waals surface area (Å²) in [7, 11) is 0. The molecule has 0 radical (unpaired) electrons. The van der Waals surface area contributed by atoms with Crippen LogP contribution in [0.3, 0.4) is 0 Å². The highest BCUT2D eigenvalue weighted by Gasteiger charge is 2.33. The predicted octanol–water partition coefficient (Wildman–Crippen LogP) is 2.52. The number of nitrogens with zero attached hydrogens (tertiary/aromatic N) is 3. The molecule has 0 spiro atoms. The minimum Gasteiger partial charge on any atom is -0.476 e. The largest absolute Gasteiger partial charge is 0.476 e. The zero-order valence-corrected chi connectivity index (χ0v) is 11.6. The van der Waals surface area contributed by atoms with Gasteiger partial charge in [-0.2, -0.15) is 0 Å². The summed E-state index contributed by atoms with van der Waals surface area (Å²) in [6, 6.07) is 6.33. The fraction of sp³-hybridized carbons (Fsp3) is 0.400. The molecule has 1 aromatic carbocycles. The molecule has 0 atom stereocenters. The van der Waals surface area contributed by atoms with E-state index in [4.69, 9.17) is 0 Å². The van der Waals surface area contributed by atoms with Crippen molar-refractivity contribution in [2.24, 2.45) is 0 Å². The Hall–Kier alpha value is -2.17. The zero-order chi connectivity index (χ0) is 14.3. The molecule has 104 valence electrons. The van der Waals surface area contributed by atoms with Crippen molar-refractivity contribution in [3.05, 3.63) is 46.3 Å². The van der Waals surface area contributed by atoms with E-state index in [9.17, 15) is 9.90 Å². The molecule has 0 unspecified atom stereocenters. The van der Waals surface area contributed by atoms with Crippen molar-refractivity contribution < 1.29 is 9.90 Å². The van der Waals surface area contributed by atoms with Gasteiger partial charge in [0, 0.05) is 5.92 Å². The molecular weight excluding hydrogens is 254 g/mol. The van der Waals surface area contributed by atoms with Crippen LogP contribution in [0.25, 0.3) is 0 Å². The van der Waals surface area contributed by atoms with Crippen LogP contribution in [0.5, 0.6) is 0 Å². The topological polar surface area (TPSA) is 68.0 Å². The molecule has 1 aromatic heterocycles. The summed E-state index contributed by atoms with van der Waals surface area (Å²) in [6.07, 6.45) is 2.06. The molecule has 2 aromatic rings. The number of carboxylic acids is 1. The summed E-state index contributed by atoms with van der Waals surface area (Å²) < 4.78 is 1.75. The lowest BCUT2D eigenvalue weighted by molar-refractivity contribution is 0.0689. The maximum atomic E-state index is 11.2. The van der Waals surface area contributed by atoms with Gasteiger partial charge in [0.15, 0.2) is 5.69 Å². The minimum absolute atomic E-state index is 0.108. The van der Waals surface area contributed by atoms with Crippen molar-refractivity contribution >= 4 is 5.97 Å². The van der Waals surface area contributed by atoms with E-state index in [2.05, 4.69) is 42.4 Å². The highest BCUT2D eigenvalue weighted by atomic mass is 16.4. The van der Waals surface area contributed by atoms with Crippen LogP contribution in [0.15, 0.2) is 18.2 Å². The van der Waals surface area contributed by atoms with Gasteiger partial charge in [0.1, 0.15) is 0 Å². The van der Waals surface area contributed by atoms with E-state index >= 15 is 0 Å². The molecule has 0 amide bonds. The van der Waals surface area contributed by atoms with Crippen molar-refractivity contribution in [3.63, 3.8) is 0 Å². The van der Waals surface area contributed by atoms with Crippen LogP contribution in [-0.2, 0) is 6.54 Å². The predicted molar refractivity (Wildman–Crippen MR) is 74.0 cm³/mol.